The summed E-state index contributed by atoms with van der Waals surface area (Å²) in [5, 5.41) is 2.65. The number of hydrogen-bond acceptors (Lipinski definition) is 3. The fourth-order valence-corrected chi connectivity index (χ4v) is 3.60. The Morgan fingerprint density at radius 3 is 2.73 bits per heavy atom. The van der Waals surface area contributed by atoms with Crippen molar-refractivity contribution in [2.75, 3.05) is 6.54 Å². The van der Waals surface area contributed by atoms with Gasteiger partial charge in [0.2, 0.25) is 5.78 Å². The molecule has 1 amide bonds. The quantitative estimate of drug-likeness (QED) is 0.689. The number of Topliss-reactive ketones (excluding diaryl/α,β-unsaturated/α-hetero) is 1. The number of carbonyl (C=O) groups is 2. The average Bonchev–Trinajstić information content (AvgIpc) is 2.82. The molecular weight excluding hydrogens is 278 g/mol. The molecule has 1 aliphatic carbocycles. The van der Waals surface area contributed by atoms with E-state index in [0.717, 1.165) is 11.3 Å². The summed E-state index contributed by atoms with van der Waals surface area (Å²) >= 11 is 0. The second-order valence-corrected chi connectivity index (χ2v) is 6.20. The molecule has 0 saturated heterocycles. The van der Waals surface area contributed by atoms with Crippen LogP contribution >= 0.6 is 0 Å². The molecule has 1 aromatic rings. The lowest BCUT2D eigenvalue weighted by atomic mass is 9.64. The van der Waals surface area contributed by atoms with E-state index in [1.165, 1.54) is 11.1 Å². The standard InChI is InChI=1S/C18H21NO3/c1-4-19-17(21)16(20)18-10-12(3)11(2)9-15(18)22-14-8-6-5-7-13(14)18/h5-8,15H,4,9-10H2,1-3H3,(H,19,21)/t15-,18+/m0/s1. The van der Waals surface area contributed by atoms with Crippen molar-refractivity contribution in [1.82, 2.24) is 5.32 Å². The molecule has 0 spiro atoms. The third-order valence-corrected chi connectivity index (χ3v) is 4.90. The highest BCUT2D eigenvalue weighted by atomic mass is 16.5. The van der Waals surface area contributed by atoms with E-state index in [9.17, 15) is 9.59 Å². The van der Waals surface area contributed by atoms with Crippen LogP contribution in [-0.4, -0.2) is 24.3 Å². The molecule has 0 unspecified atom stereocenters. The summed E-state index contributed by atoms with van der Waals surface area (Å²) in [6.07, 6.45) is 0.950. The number of para-hydroxylation sites is 1. The van der Waals surface area contributed by atoms with Gasteiger partial charge in [0.25, 0.3) is 5.91 Å². The van der Waals surface area contributed by atoms with Crippen LogP contribution in [0.25, 0.3) is 0 Å². The van der Waals surface area contributed by atoms with Gasteiger partial charge in [-0.25, -0.2) is 0 Å². The molecule has 2 aliphatic rings. The van der Waals surface area contributed by atoms with Crippen molar-refractivity contribution < 1.29 is 14.3 Å². The number of nitrogens with one attached hydrogen (secondary N) is 1. The number of hydrogen-bond donors (Lipinski definition) is 1. The number of ketones is 1. The van der Waals surface area contributed by atoms with E-state index in [4.69, 9.17) is 4.74 Å². The van der Waals surface area contributed by atoms with Gasteiger partial charge >= 0.3 is 0 Å². The van der Waals surface area contributed by atoms with Crippen LogP contribution < -0.4 is 10.1 Å². The first-order chi connectivity index (χ1) is 10.5. The highest BCUT2D eigenvalue weighted by Gasteiger charge is 2.57. The monoisotopic (exact) mass is 299 g/mol. The van der Waals surface area contributed by atoms with Gasteiger partial charge in [-0.1, -0.05) is 29.3 Å². The predicted molar refractivity (Wildman–Crippen MR) is 83.8 cm³/mol. The second-order valence-electron chi connectivity index (χ2n) is 6.20. The molecule has 0 aromatic heterocycles. The second kappa shape index (κ2) is 5.27. The zero-order valence-electron chi connectivity index (χ0n) is 13.2. The van der Waals surface area contributed by atoms with Crippen LogP contribution in [0, 0.1) is 0 Å². The van der Waals surface area contributed by atoms with Crippen molar-refractivity contribution in [2.45, 2.75) is 45.1 Å². The lowest BCUT2D eigenvalue weighted by Gasteiger charge is -2.37. The molecule has 22 heavy (non-hydrogen) atoms. The van der Waals surface area contributed by atoms with E-state index < -0.39 is 11.3 Å². The van der Waals surface area contributed by atoms with Gasteiger partial charge in [-0.05, 0) is 33.3 Å². The van der Waals surface area contributed by atoms with E-state index >= 15 is 0 Å². The first kappa shape index (κ1) is 14.8. The Kier molecular flexibility index (Phi) is 3.55. The maximum Gasteiger partial charge on any atom is 0.288 e. The van der Waals surface area contributed by atoms with Crippen LogP contribution in [0.3, 0.4) is 0 Å². The van der Waals surface area contributed by atoms with Gasteiger partial charge < -0.3 is 10.1 Å². The topological polar surface area (TPSA) is 55.4 Å². The van der Waals surface area contributed by atoms with Gasteiger partial charge in [0.1, 0.15) is 17.3 Å². The van der Waals surface area contributed by atoms with E-state index in [1.54, 1.807) is 0 Å². The van der Waals surface area contributed by atoms with Crippen LogP contribution in [0.2, 0.25) is 0 Å². The maximum absolute atomic E-state index is 13.0. The fraction of sp³-hybridized carbons (Fsp3) is 0.444. The number of fused-ring (bicyclic) bond motifs is 3. The third-order valence-electron chi connectivity index (χ3n) is 4.90. The fourth-order valence-electron chi connectivity index (χ4n) is 3.60. The van der Waals surface area contributed by atoms with Gasteiger partial charge in [-0.15, -0.1) is 0 Å². The van der Waals surface area contributed by atoms with Crippen molar-refractivity contribution in [2.24, 2.45) is 0 Å². The Labute approximate surface area is 130 Å². The zero-order chi connectivity index (χ0) is 15.9. The molecule has 3 rings (SSSR count). The molecule has 1 heterocycles. The van der Waals surface area contributed by atoms with Crippen molar-refractivity contribution in [3.63, 3.8) is 0 Å². The minimum atomic E-state index is -0.876. The Balaban J connectivity index is 2.13. The number of benzene rings is 1. The van der Waals surface area contributed by atoms with Crippen LogP contribution in [0.15, 0.2) is 35.4 Å². The van der Waals surface area contributed by atoms with Gasteiger partial charge in [0.15, 0.2) is 0 Å². The first-order valence-corrected chi connectivity index (χ1v) is 7.74. The Morgan fingerprint density at radius 2 is 2.00 bits per heavy atom. The van der Waals surface area contributed by atoms with Crippen LogP contribution in [-0.2, 0) is 15.0 Å². The van der Waals surface area contributed by atoms with Crippen molar-refractivity contribution >= 4 is 11.7 Å². The molecule has 116 valence electrons. The van der Waals surface area contributed by atoms with Crippen molar-refractivity contribution in [1.29, 1.82) is 0 Å². The number of ether oxygens (including phenoxy) is 1. The van der Waals surface area contributed by atoms with Gasteiger partial charge in [0.05, 0.1) is 0 Å². The van der Waals surface area contributed by atoms with E-state index in [-0.39, 0.29) is 11.9 Å². The summed E-state index contributed by atoms with van der Waals surface area (Å²) in [5.41, 5.74) is 2.40. The number of likely N-dealkylation sites (N-methyl/N-ethyl adjacent to an activating group) is 1. The summed E-state index contributed by atoms with van der Waals surface area (Å²) < 4.78 is 6.05. The minimum Gasteiger partial charge on any atom is -0.488 e. The molecule has 4 heteroatoms. The zero-order valence-corrected chi connectivity index (χ0v) is 13.2. The number of carbonyl (C=O) groups excluding carboxylic acids is 2. The molecule has 0 bridgehead atoms. The summed E-state index contributed by atoms with van der Waals surface area (Å²) in [6.45, 7) is 6.37. The van der Waals surface area contributed by atoms with Crippen LogP contribution in [0.1, 0.15) is 39.2 Å². The van der Waals surface area contributed by atoms with Gasteiger partial charge in [-0.2, -0.15) is 0 Å². The molecule has 0 saturated carbocycles. The number of amides is 1. The Morgan fingerprint density at radius 1 is 1.27 bits per heavy atom. The molecule has 2 atom stereocenters. The Hall–Kier alpha value is -2.10. The smallest absolute Gasteiger partial charge is 0.288 e. The highest BCUT2D eigenvalue weighted by molar-refractivity contribution is 6.40. The molecule has 4 nitrogen and oxygen atoms in total. The molecule has 1 N–H and O–H groups in total. The third kappa shape index (κ3) is 1.97. The predicted octanol–water partition coefficient (Wildman–Crippen LogP) is 2.52. The highest BCUT2D eigenvalue weighted by Crippen LogP contribution is 2.52. The lowest BCUT2D eigenvalue weighted by Crippen LogP contribution is -2.53. The summed E-state index contributed by atoms with van der Waals surface area (Å²) in [6, 6.07) is 7.59. The SMILES string of the molecule is CCNC(=O)C(=O)[C@@]12CC(C)=C(C)C[C@@H]1Oc1ccccc12. The molecule has 1 aliphatic heterocycles. The molecule has 0 fully saturated rings. The van der Waals surface area contributed by atoms with Crippen molar-refractivity contribution in [3.8, 4) is 5.75 Å². The Bertz CT molecular complexity index is 677. The minimum absolute atomic E-state index is 0.288. The molecule has 1 aromatic carbocycles. The summed E-state index contributed by atoms with van der Waals surface area (Å²) in [4.78, 5) is 25.2. The van der Waals surface area contributed by atoms with Gasteiger partial charge in [0, 0.05) is 18.5 Å². The number of rotatable bonds is 3. The lowest BCUT2D eigenvalue weighted by molar-refractivity contribution is -0.143. The normalized spacial score (nSPS) is 26.0. The average molecular weight is 299 g/mol. The van der Waals surface area contributed by atoms with E-state index in [2.05, 4.69) is 12.2 Å². The van der Waals surface area contributed by atoms with Gasteiger partial charge in [-0.3, -0.25) is 9.59 Å². The van der Waals surface area contributed by atoms with Crippen molar-refractivity contribution in [3.05, 3.63) is 41.0 Å². The summed E-state index contributed by atoms with van der Waals surface area (Å²) in [5.74, 6) is -0.163. The van der Waals surface area contributed by atoms with E-state index in [0.29, 0.717) is 19.4 Å². The molecular formula is C18H21NO3. The van der Waals surface area contributed by atoms with E-state index in [1.807, 2.05) is 38.1 Å². The maximum atomic E-state index is 13.0. The first-order valence-electron chi connectivity index (χ1n) is 7.74. The summed E-state index contributed by atoms with van der Waals surface area (Å²) in [7, 11) is 0. The molecule has 0 radical (unpaired) electrons. The largest absolute Gasteiger partial charge is 0.488 e. The number of allylic oxidation sites excluding steroid dienone is 1. The van der Waals surface area contributed by atoms with Crippen LogP contribution in [0.5, 0.6) is 5.75 Å². The van der Waals surface area contributed by atoms with Crippen LogP contribution in [0.4, 0.5) is 0 Å².